The fourth-order valence-electron chi connectivity index (χ4n) is 1.62. The van der Waals surface area contributed by atoms with Crippen LogP contribution in [0.3, 0.4) is 0 Å². The first kappa shape index (κ1) is 11.7. The van der Waals surface area contributed by atoms with Crippen LogP contribution in [-0.4, -0.2) is 37.1 Å². The summed E-state index contributed by atoms with van der Waals surface area (Å²) in [5.74, 6) is 0. The van der Waals surface area contributed by atoms with Gasteiger partial charge in [-0.05, 0) is 45.3 Å². The third kappa shape index (κ3) is 5.40. The van der Waals surface area contributed by atoms with Crippen molar-refractivity contribution in [3.8, 4) is 0 Å². The first-order valence-electron chi connectivity index (χ1n) is 5.93. The molecule has 2 heteroatoms. The van der Waals surface area contributed by atoms with E-state index in [4.69, 9.17) is 0 Å². The fourth-order valence-corrected chi connectivity index (χ4v) is 1.62. The van der Waals surface area contributed by atoms with Crippen LogP contribution in [0.1, 0.15) is 32.6 Å². The van der Waals surface area contributed by atoms with Gasteiger partial charge in [-0.25, -0.2) is 0 Å². The first-order valence-corrected chi connectivity index (χ1v) is 5.93. The van der Waals surface area contributed by atoms with Gasteiger partial charge in [0, 0.05) is 12.6 Å². The van der Waals surface area contributed by atoms with Gasteiger partial charge < -0.3 is 5.32 Å². The average Bonchev–Trinajstić information content (AvgIpc) is 2.99. The maximum atomic E-state index is 3.77. The quantitative estimate of drug-likeness (QED) is 0.448. The smallest absolute Gasteiger partial charge is 0.0160 e. The van der Waals surface area contributed by atoms with Crippen LogP contribution in [0, 0.1) is 0 Å². The molecule has 1 aliphatic rings. The van der Waals surface area contributed by atoms with E-state index in [1.54, 1.807) is 0 Å². The van der Waals surface area contributed by atoms with Crippen molar-refractivity contribution in [1.29, 1.82) is 0 Å². The molecular formula is C12H24N2. The van der Waals surface area contributed by atoms with Gasteiger partial charge in [-0.2, -0.15) is 0 Å². The second-order valence-corrected chi connectivity index (χ2v) is 4.12. The minimum absolute atomic E-state index is 0.866. The van der Waals surface area contributed by atoms with Crippen LogP contribution in [0.5, 0.6) is 0 Å². The number of nitrogens with zero attached hydrogens (tertiary/aromatic N) is 1. The summed E-state index contributed by atoms with van der Waals surface area (Å²) in [6.45, 7) is 10.6. The van der Waals surface area contributed by atoms with E-state index < -0.39 is 0 Å². The van der Waals surface area contributed by atoms with Gasteiger partial charge in [0.15, 0.2) is 0 Å². The Labute approximate surface area is 88.4 Å². The van der Waals surface area contributed by atoms with Crippen molar-refractivity contribution in [1.82, 2.24) is 10.2 Å². The molecule has 0 aromatic heterocycles. The molecule has 82 valence electrons. The van der Waals surface area contributed by atoms with Crippen molar-refractivity contribution in [3.05, 3.63) is 12.7 Å². The van der Waals surface area contributed by atoms with E-state index in [1.165, 1.54) is 38.8 Å². The third-order valence-corrected chi connectivity index (χ3v) is 2.75. The third-order valence-electron chi connectivity index (χ3n) is 2.75. The lowest BCUT2D eigenvalue weighted by molar-refractivity contribution is 0.310. The Bertz CT molecular complexity index is 152. The van der Waals surface area contributed by atoms with Gasteiger partial charge in [-0.15, -0.1) is 6.58 Å². The molecule has 0 heterocycles. The molecular weight excluding hydrogens is 172 g/mol. The number of likely N-dealkylation sites (N-methyl/N-ethyl adjacent to an activating group) is 1. The summed E-state index contributed by atoms with van der Waals surface area (Å²) < 4.78 is 0. The molecule has 1 rings (SSSR count). The summed E-state index contributed by atoms with van der Waals surface area (Å²) in [5.41, 5.74) is 0. The van der Waals surface area contributed by atoms with Crippen LogP contribution < -0.4 is 5.32 Å². The lowest BCUT2D eigenvalue weighted by Crippen LogP contribution is -2.25. The molecule has 2 nitrogen and oxygen atoms in total. The second kappa shape index (κ2) is 7.02. The summed E-state index contributed by atoms with van der Waals surface area (Å²) in [4.78, 5) is 2.43. The standard InChI is InChI=1S/C12H24N2/c1-3-10-14(4-2)11-6-5-9-13-12-7-8-12/h3,12-13H,1,4-11H2,2H3. The van der Waals surface area contributed by atoms with Crippen LogP contribution in [0.25, 0.3) is 0 Å². The van der Waals surface area contributed by atoms with Gasteiger partial charge in [-0.1, -0.05) is 13.0 Å². The van der Waals surface area contributed by atoms with E-state index in [2.05, 4.69) is 23.7 Å². The highest BCUT2D eigenvalue weighted by Crippen LogP contribution is 2.18. The molecule has 0 aromatic carbocycles. The SMILES string of the molecule is C=CCN(CC)CCCCNC1CC1. The van der Waals surface area contributed by atoms with E-state index in [9.17, 15) is 0 Å². The molecule has 0 spiro atoms. The predicted molar refractivity (Wildman–Crippen MR) is 62.6 cm³/mol. The largest absolute Gasteiger partial charge is 0.314 e. The summed E-state index contributed by atoms with van der Waals surface area (Å²) in [7, 11) is 0. The Morgan fingerprint density at radius 2 is 2.21 bits per heavy atom. The Hall–Kier alpha value is -0.340. The number of nitrogens with one attached hydrogen (secondary N) is 1. The maximum Gasteiger partial charge on any atom is 0.0160 e. The molecule has 0 atom stereocenters. The van der Waals surface area contributed by atoms with E-state index >= 15 is 0 Å². The topological polar surface area (TPSA) is 15.3 Å². The lowest BCUT2D eigenvalue weighted by Gasteiger charge is -2.17. The molecule has 1 N–H and O–H groups in total. The molecule has 0 bridgehead atoms. The highest BCUT2D eigenvalue weighted by Gasteiger charge is 2.19. The van der Waals surface area contributed by atoms with Gasteiger partial charge >= 0.3 is 0 Å². The molecule has 0 amide bonds. The molecule has 1 fully saturated rings. The first-order chi connectivity index (χ1) is 6.86. The summed E-state index contributed by atoms with van der Waals surface area (Å²) in [6.07, 6.45) is 7.41. The highest BCUT2D eigenvalue weighted by molar-refractivity contribution is 4.80. The van der Waals surface area contributed by atoms with Gasteiger partial charge in [0.2, 0.25) is 0 Å². The van der Waals surface area contributed by atoms with Crippen molar-refractivity contribution in [2.75, 3.05) is 26.2 Å². The zero-order valence-electron chi connectivity index (χ0n) is 9.47. The van der Waals surface area contributed by atoms with Crippen LogP contribution in [0.2, 0.25) is 0 Å². The van der Waals surface area contributed by atoms with E-state index in [0.717, 1.165) is 19.1 Å². The molecule has 1 saturated carbocycles. The van der Waals surface area contributed by atoms with Crippen LogP contribution in [0.4, 0.5) is 0 Å². The Morgan fingerprint density at radius 1 is 1.43 bits per heavy atom. The summed E-state index contributed by atoms with van der Waals surface area (Å²) in [6, 6.07) is 0.866. The molecule has 1 aliphatic carbocycles. The van der Waals surface area contributed by atoms with Crippen molar-refractivity contribution in [2.45, 2.75) is 38.6 Å². The Balaban J connectivity index is 1.86. The monoisotopic (exact) mass is 196 g/mol. The minimum atomic E-state index is 0.866. The number of rotatable bonds is 9. The van der Waals surface area contributed by atoms with Crippen LogP contribution >= 0.6 is 0 Å². The van der Waals surface area contributed by atoms with E-state index in [1.807, 2.05) is 6.08 Å². The Kier molecular flexibility index (Phi) is 5.88. The van der Waals surface area contributed by atoms with Crippen LogP contribution in [-0.2, 0) is 0 Å². The minimum Gasteiger partial charge on any atom is -0.314 e. The molecule has 0 aromatic rings. The van der Waals surface area contributed by atoms with Crippen molar-refractivity contribution in [3.63, 3.8) is 0 Å². The lowest BCUT2D eigenvalue weighted by atomic mass is 10.3. The summed E-state index contributed by atoms with van der Waals surface area (Å²) in [5, 5.41) is 3.54. The Morgan fingerprint density at radius 3 is 2.79 bits per heavy atom. The molecule has 0 unspecified atom stereocenters. The summed E-state index contributed by atoms with van der Waals surface area (Å²) >= 11 is 0. The molecule has 0 radical (unpaired) electrons. The average molecular weight is 196 g/mol. The van der Waals surface area contributed by atoms with Crippen molar-refractivity contribution >= 4 is 0 Å². The molecule has 0 aliphatic heterocycles. The fraction of sp³-hybridized carbons (Fsp3) is 0.833. The zero-order valence-corrected chi connectivity index (χ0v) is 9.47. The normalized spacial score (nSPS) is 16.1. The number of hydrogen-bond acceptors (Lipinski definition) is 2. The van der Waals surface area contributed by atoms with Gasteiger partial charge in [-0.3, -0.25) is 4.90 Å². The second-order valence-electron chi connectivity index (χ2n) is 4.12. The zero-order chi connectivity index (χ0) is 10.2. The van der Waals surface area contributed by atoms with Gasteiger partial charge in [0.05, 0.1) is 0 Å². The predicted octanol–water partition coefficient (Wildman–Crippen LogP) is 2.03. The maximum absolute atomic E-state index is 3.77. The van der Waals surface area contributed by atoms with Gasteiger partial charge in [0.25, 0.3) is 0 Å². The van der Waals surface area contributed by atoms with Crippen LogP contribution in [0.15, 0.2) is 12.7 Å². The molecule has 0 saturated heterocycles. The highest BCUT2D eigenvalue weighted by atomic mass is 15.1. The van der Waals surface area contributed by atoms with Crippen molar-refractivity contribution in [2.24, 2.45) is 0 Å². The molecule has 14 heavy (non-hydrogen) atoms. The van der Waals surface area contributed by atoms with Crippen molar-refractivity contribution < 1.29 is 0 Å². The van der Waals surface area contributed by atoms with E-state index in [-0.39, 0.29) is 0 Å². The van der Waals surface area contributed by atoms with Gasteiger partial charge in [0.1, 0.15) is 0 Å². The van der Waals surface area contributed by atoms with E-state index in [0.29, 0.717) is 0 Å². The number of unbranched alkanes of at least 4 members (excludes halogenated alkanes) is 1. The number of hydrogen-bond donors (Lipinski definition) is 1.